The Kier molecular flexibility index (Phi) is 65.8. The zero-order chi connectivity index (χ0) is 58.0. The van der Waals surface area contributed by atoms with Gasteiger partial charge in [-0.15, -0.1) is 0 Å². The van der Waals surface area contributed by atoms with Gasteiger partial charge in [0, 0.05) is 19.4 Å². The fourth-order valence-corrected chi connectivity index (χ4v) is 11.9. The lowest BCUT2D eigenvalue weighted by molar-refractivity contribution is -0.161. The molecule has 0 spiro atoms. The van der Waals surface area contributed by atoms with Crippen LogP contribution >= 0.6 is 7.82 Å². The smallest absolute Gasteiger partial charge is 0.462 e. The van der Waals surface area contributed by atoms with Gasteiger partial charge in [-0.2, -0.15) is 0 Å². The van der Waals surface area contributed by atoms with Crippen molar-refractivity contribution < 1.29 is 37.6 Å². The molecule has 0 fully saturated rings. The number of ether oxygens (including phenoxy) is 2. The Bertz CT molecular complexity index is 1320. The largest absolute Gasteiger partial charge is 0.472 e. The summed E-state index contributed by atoms with van der Waals surface area (Å²) in [7, 11) is -4.39. The minimum atomic E-state index is -4.39. The Labute approximate surface area is 498 Å². The summed E-state index contributed by atoms with van der Waals surface area (Å²) in [4.78, 5) is 35.3. The van der Waals surface area contributed by atoms with Crippen molar-refractivity contribution >= 4 is 19.8 Å². The highest BCUT2D eigenvalue weighted by molar-refractivity contribution is 7.47. The van der Waals surface area contributed by atoms with Gasteiger partial charge in [0.2, 0.25) is 0 Å². The number of nitrogens with two attached hydrogens (primary N) is 1. The number of unbranched alkanes of at least 4 members (excludes halogenated alkanes) is 54. The standard InChI is InChI=1S/C70H138NO8P/c1-3-5-7-9-11-13-15-17-19-21-23-24-25-26-27-28-29-30-31-32-33-34-35-36-37-38-39-40-41-42-43-44-45-47-48-50-52-54-56-58-60-62-69(72)76-66-68(67-78-80(74,75)77-65-64-71)79-70(73)63-61-59-57-55-53-51-49-46-22-20-18-16-14-12-10-8-6-4-2/h20,22,68H,3-19,21,23-67,71H2,1-2H3,(H,74,75)/b22-20-. The van der Waals surface area contributed by atoms with Crippen LogP contribution in [0.1, 0.15) is 393 Å². The molecule has 0 saturated carbocycles. The summed E-state index contributed by atoms with van der Waals surface area (Å²) in [5.41, 5.74) is 5.39. The average Bonchev–Trinajstić information content (AvgIpc) is 3.45. The van der Waals surface area contributed by atoms with Gasteiger partial charge in [0.05, 0.1) is 13.2 Å². The van der Waals surface area contributed by atoms with Crippen LogP contribution in [-0.4, -0.2) is 49.3 Å². The first-order chi connectivity index (χ1) is 39.3. The van der Waals surface area contributed by atoms with Crippen LogP contribution in [0.3, 0.4) is 0 Å². The first-order valence-corrected chi connectivity index (χ1v) is 37.2. The maximum Gasteiger partial charge on any atom is 0.472 e. The topological polar surface area (TPSA) is 134 Å². The number of carbonyl (C=O) groups excluding carboxylic acids is 2. The molecular formula is C70H138NO8P. The van der Waals surface area contributed by atoms with E-state index < -0.39 is 26.5 Å². The number of phosphoric ester groups is 1. The Morgan fingerprint density at radius 3 is 0.887 bits per heavy atom. The summed E-state index contributed by atoms with van der Waals surface area (Å²) in [6, 6.07) is 0. The molecule has 0 amide bonds. The summed E-state index contributed by atoms with van der Waals surface area (Å²) >= 11 is 0. The summed E-state index contributed by atoms with van der Waals surface area (Å²) in [6.45, 7) is 3.81. The number of hydrogen-bond acceptors (Lipinski definition) is 8. The molecule has 3 N–H and O–H groups in total. The number of rotatable bonds is 69. The van der Waals surface area contributed by atoms with E-state index >= 15 is 0 Å². The lowest BCUT2D eigenvalue weighted by Gasteiger charge is -2.19. The first-order valence-electron chi connectivity index (χ1n) is 35.7. The van der Waals surface area contributed by atoms with Crippen molar-refractivity contribution in [3.05, 3.63) is 12.2 Å². The fourth-order valence-electron chi connectivity index (χ4n) is 11.1. The molecule has 0 rings (SSSR count). The Morgan fingerprint density at radius 2 is 0.613 bits per heavy atom. The van der Waals surface area contributed by atoms with E-state index in [4.69, 9.17) is 24.3 Å². The van der Waals surface area contributed by atoms with Crippen LogP contribution in [0, 0.1) is 0 Å². The van der Waals surface area contributed by atoms with Gasteiger partial charge < -0.3 is 20.1 Å². The molecule has 476 valence electrons. The van der Waals surface area contributed by atoms with E-state index in [1.54, 1.807) is 0 Å². The molecule has 0 radical (unpaired) electrons. The van der Waals surface area contributed by atoms with Crippen molar-refractivity contribution in [1.29, 1.82) is 0 Å². The normalized spacial score (nSPS) is 12.9. The molecule has 0 aromatic rings. The van der Waals surface area contributed by atoms with Gasteiger partial charge in [0.15, 0.2) is 6.10 Å². The van der Waals surface area contributed by atoms with Crippen LogP contribution in [0.15, 0.2) is 12.2 Å². The molecule has 0 aromatic carbocycles. The van der Waals surface area contributed by atoms with Crippen molar-refractivity contribution in [1.82, 2.24) is 0 Å². The lowest BCUT2D eigenvalue weighted by atomic mass is 10.0. The maximum atomic E-state index is 12.7. The van der Waals surface area contributed by atoms with Crippen molar-refractivity contribution in [2.75, 3.05) is 26.4 Å². The Hall–Kier alpha value is -1.25. The van der Waals surface area contributed by atoms with Gasteiger partial charge in [0.1, 0.15) is 6.61 Å². The van der Waals surface area contributed by atoms with E-state index in [2.05, 4.69) is 26.0 Å². The predicted octanol–water partition coefficient (Wildman–Crippen LogP) is 23.1. The highest BCUT2D eigenvalue weighted by Crippen LogP contribution is 2.43. The third-order valence-corrected chi connectivity index (χ3v) is 17.4. The van der Waals surface area contributed by atoms with Gasteiger partial charge in [0.25, 0.3) is 0 Å². The van der Waals surface area contributed by atoms with Gasteiger partial charge in [-0.25, -0.2) is 4.57 Å². The van der Waals surface area contributed by atoms with Crippen molar-refractivity contribution in [2.24, 2.45) is 5.73 Å². The second kappa shape index (κ2) is 66.9. The molecule has 9 nitrogen and oxygen atoms in total. The van der Waals surface area contributed by atoms with Crippen LogP contribution in [-0.2, 0) is 32.7 Å². The van der Waals surface area contributed by atoms with E-state index in [1.807, 2.05) is 0 Å². The van der Waals surface area contributed by atoms with Crippen molar-refractivity contribution in [3.63, 3.8) is 0 Å². The van der Waals surface area contributed by atoms with Crippen molar-refractivity contribution in [3.8, 4) is 0 Å². The van der Waals surface area contributed by atoms with Gasteiger partial charge >= 0.3 is 19.8 Å². The SMILES string of the molecule is CCCCCCCCC/C=C\CCCCCCCCCC(=O)OC(COC(=O)CCCCCCCCCCCCCCCCCCCCCCCCCCCCCCCCCCCCCCCCCCC)COP(=O)(O)OCCN. The molecule has 0 bridgehead atoms. The molecule has 0 aromatic heterocycles. The lowest BCUT2D eigenvalue weighted by Crippen LogP contribution is -2.29. The molecule has 0 aliphatic carbocycles. The number of esters is 2. The highest BCUT2D eigenvalue weighted by Gasteiger charge is 2.26. The maximum absolute atomic E-state index is 12.7. The van der Waals surface area contributed by atoms with Gasteiger partial charge in [-0.05, 0) is 38.5 Å². The van der Waals surface area contributed by atoms with E-state index in [0.29, 0.717) is 6.42 Å². The van der Waals surface area contributed by atoms with Crippen LogP contribution in [0.2, 0.25) is 0 Å². The second-order valence-corrected chi connectivity index (χ2v) is 25.9. The molecule has 2 unspecified atom stereocenters. The number of phosphoric acid groups is 1. The summed E-state index contributed by atoms with van der Waals surface area (Å²) < 4.78 is 33.1. The predicted molar refractivity (Wildman–Crippen MR) is 345 cm³/mol. The van der Waals surface area contributed by atoms with Crippen LogP contribution in [0.5, 0.6) is 0 Å². The molecule has 2 atom stereocenters. The minimum Gasteiger partial charge on any atom is -0.462 e. The minimum absolute atomic E-state index is 0.0561. The molecule has 0 saturated heterocycles. The molecule has 0 heterocycles. The highest BCUT2D eigenvalue weighted by atomic mass is 31.2. The van der Waals surface area contributed by atoms with Gasteiger partial charge in [-0.1, -0.05) is 353 Å². The van der Waals surface area contributed by atoms with Gasteiger partial charge in [-0.3, -0.25) is 18.6 Å². The van der Waals surface area contributed by atoms with E-state index in [1.165, 1.54) is 315 Å². The Morgan fingerprint density at radius 1 is 0.362 bits per heavy atom. The second-order valence-electron chi connectivity index (χ2n) is 24.5. The molecular weight excluding hydrogens is 1010 g/mol. The summed E-state index contributed by atoms with van der Waals surface area (Å²) in [5, 5.41) is 0. The quantitative estimate of drug-likeness (QED) is 0.0264. The van der Waals surface area contributed by atoms with E-state index in [9.17, 15) is 19.0 Å². The molecule has 0 aliphatic rings. The molecule has 0 aliphatic heterocycles. The van der Waals surface area contributed by atoms with Crippen LogP contribution in [0.4, 0.5) is 0 Å². The van der Waals surface area contributed by atoms with E-state index in [-0.39, 0.29) is 38.6 Å². The monoisotopic (exact) mass is 1150 g/mol. The first kappa shape index (κ1) is 78.8. The molecule has 10 heteroatoms. The molecule has 80 heavy (non-hydrogen) atoms. The third kappa shape index (κ3) is 65.9. The third-order valence-electron chi connectivity index (χ3n) is 16.4. The number of hydrogen-bond donors (Lipinski definition) is 2. The fraction of sp³-hybridized carbons (Fsp3) is 0.943. The van der Waals surface area contributed by atoms with Crippen molar-refractivity contribution in [2.45, 2.75) is 399 Å². The summed E-state index contributed by atoms with van der Waals surface area (Å²) in [6.07, 6.45) is 80.6. The average molecular weight is 1150 g/mol. The number of allylic oxidation sites excluding steroid dienone is 2. The Balaban J connectivity index is 3.69. The summed E-state index contributed by atoms with van der Waals surface area (Å²) in [5.74, 6) is -0.810. The number of carbonyl (C=O) groups is 2. The van der Waals surface area contributed by atoms with Crippen LogP contribution in [0.25, 0.3) is 0 Å². The zero-order valence-electron chi connectivity index (χ0n) is 53.6. The van der Waals surface area contributed by atoms with E-state index in [0.717, 1.165) is 44.9 Å². The zero-order valence-corrected chi connectivity index (χ0v) is 54.5. The van der Waals surface area contributed by atoms with Crippen LogP contribution < -0.4 is 5.73 Å².